The molecule has 3 aromatic rings. The van der Waals surface area contributed by atoms with Gasteiger partial charge in [0.1, 0.15) is 5.69 Å². The summed E-state index contributed by atoms with van der Waals surface area (Å²) >= 11 is 0. The lowest BCUT2D eigenvalue weighted by Gasteiger charge is -2.24. The van der Waals surface area contributed by atoms with E-state index in [4.69, 9.17) is 5.73 Å². The summed E-state index contributed by atoms with van der Waals surface area (Å²) in [5.41, 5.74) is 8.53. The Morgan fingerprint density at radius 3 is 2.44 bits per heavy atom. The average Bonchev–Trinajstić information content (AvgIpc) is 2.99. The number of benzene rings is 1. The van der Waals surface area contributed by atoms with Gasteiger partial charge < -0.3 is 15.9 Å². The summed E-state index contributed by atoms with van der Waals surface area (Å²) in [6.45, 7) is 0.307. The molecule has 4 N–H and O–H groups in total. The minimum Gasteiger partial charge on any atom is -0.494 e. The fraction of sp³-hybridized carbons (Fsp3) is 0.333. The molecule has 0 saturated heterocycles. The molecule has 0 unspecified atom stereocenters. The van der Waals surface area contributed by atoms with Crippen LogP contribution in [0.4, 0.5) is 0 Å². The van der Waals surface area contributed by atoms with Gasteiger partial charge in [0.05, 0.1) is 12.1 Å². The van der Waals surface area contributed by atoms with Crippen LogP contribution in [0.25, 0.3) is 10.9 Å². The highest BCUT2D eigenvalue weighted by atomic mass is 16.3. The van der Waals surface area contributed by atoms with Crippen molar-refractivity contribution in [2.45, 2.75) is 44.6 Å². The normalized spacial score (nSPS) is 15.3. The van der Waals surface area contributed by atoms with Crippen LogP contribution < -0.4 is 5.73 Å². The molecule has 1 amide bonds. The molecule has 140 valence electrons. The number of pyridine rings is 1. The molecule has 1 saturated carbocycles. The van der Waals surface area contributed by atoms with E-state index in [0.717, 1.165) is 34.9 Å². The largest absolute Gasteiger partial charge is 0.494 e. The number of aromatic hydroxyl groups is 2. The number of nitrogens with zero attached hydrogens (tertiary/aromatic N) is 2. The van der Waals surface area contributed by atoms with Gasteiger partial charge in [-0.05, 0) is 42.0 Å². The lowest BCUT2D eigenvalue weighted by atomic mass is 9.82. The predicted molar refractivity (Wildman–Crippen MR) is 103 cm³/mol. The molecule has 0 atom stereocenters. The van der Waals surface area contributed by atoms with Crippen LogP contribution in [0.2, 0.25) is 0 Å². The van der Waals surface area contributed by atoms with Crippen molar-refractivity contribution in [3.63, 3.8) is 0 Å². The van der Waals surface area contributed by atoms with Crippen molar-refractivity contribution in [2.75, 3.05) is 0 Å². The smallest absolute Gasteiger partial charge is 0.267 e. The van der Waals surface area contributed by atoms with Crippen LogP contribution >= 0.6 is 0 Å². The van der Waals surface area contributed by atoms with E-state index in [1.54, 1.807) is 0 Å². The van der Waals surface area contributed by atoms with Gasteiger partial charge in [-0.25, -0.2) is 4.98 Å². The fourth-order valence-corrected chi connectivity index (χ4v) is 4.07. The van der Waals surface area contributed by atoms with Gasteiger partial charge in [0.25, 0.3) is 5.91 Å². The predicted octanol–water partition coefficient (Wildman–Crippen LogP) is 3.64. The molecule has 1 fully saturated rings. The van der Waals surface area contributed by atoms with Gasteiger partial charge in [0.2, 0.25) is 0 Å². The molecule has 0 radical (unpaired) electrons. The first kappa shape index (κ1) is 17.4. The molecule has 0 aliphatic heterocycles. The molecular formula is C21H23N3O3. The third-order valence-electron chi connectivity index (χ3n) is 5.48. The summed E-state index contributed by atoms with van der Waals surface area (Å²) in [4.78, 5) is 16.3. The minimum atomic E-state index is -0.528. The van der Waals surface area contributed by atoms with Crippen molar-refractivity contribution >= 4 is 16.8 Å². The van der Waals surface area contributed by atoms with E-state index in [1.165, 1.54) is 36.0 Å². The topological polar surface area (TPSA) is 101 Å². The standard InChI is InChI=1S/C21H23N3O3/c22-21(27)18-11-16(14-4-2-1-3-5-14)15-7-6-13(10-17(15)23-18)12-24-19(25)8-9-20(24)26/h6-11,14,25-26H,1-5,12H2,(H2,22,27). The number of aromatic nitrogens is 2. The van der Waals surface area contributed by atoms with Gasteiger partial charge in [-0.15, -0.1) is 0 Å². The molecule has 6 heteroatoms. The number of primary amides is 1. The Hall–Kier alpha value is -3.02. The second-order valence-corrected chi connectivity index (χ2v) is 7.28. The summed E-state index contributed by atoms with van der Waals surface area (Å²) in [7, 11) is 0. The fourth-order valence-electron chi connectivity index (χ4n) is 4.07. The second kappa shape index (κ2) is 6.95. The van der Waals surface area contributed by atoms with Gasteiger partial charge in [0, 0.05) is 17.5 Å². The summed E-state index contributed by atoms with van der Waals surface area (Å²) in [6.07, 6.45) is 5.89. The Bertz CT molecular complexity index is 984. The van der Waals surface area contributed by atoms with Crippen LogP contribution in [0.15, 0.2) is 36.4 Å². The lowest BCUT2D eigenvalue weighted by molar-refractivity contribution is 0.0995. The number of hydrogen-bond acceptors (Lipinski definition) is 4. The van der Waals surface area contributed by atoms with E-state index < -0.39 is 5.91 Å². The van der Waals surface area contributed by atoms with E-state index in [1.807, 2.05) is 24.3 Å². The van der Waals surface area contributed by atoms with Crippen LogP contribution in [0.5, 0.6) is 11.8 Å². The number of amides is 1. The number of rotatable bonds is 4. The highest BCUT2D eigenvalue weighted by Crippen LogP contribution is 2.37. The van der Waals surface area contributed by atoms with Crippen molar-refractivity contribution in [3.05, 3.63) is 53.2 Å². The van der Waals surface area contributed by atoms with Crippen LogP contribution in [0.3, 0.4) is 0 Å². The molecule has 6 nitrogen and oxygen atoms in total. The zero-order chi connectivity index (χ0) is 19.0. The van der Waals surface area contributed by atoms with Gasteiger partial charge in [0.15, 0.2) is 11.8 Å². The van der Waals surface area contributed by atoms with E-state index in [2.05, 4.69) is 4.98 Å². The Morgan fingerprint density at radius 2 is 1.78 bits per heavy atom. The Morgan fingerprint density at radius 1 is 1.07 bits per heavy atom. The maximum atomic E-state index is 11.8. The van der Waals surface area contributed by atoms with Gasteiger partial charge in [-0.3, -0.25) is 9.36 Å². The Labute approximate surface area is 157 Å². The maximum absolute atomic E-state index is 11.8. The summed E-state index contributed by atoms with van der Waals surface area (Å²) in [5, 5.41) is 20.8. The molecule has 1 aromatic carbocycles. The zero-order valence-electron chi connectivity index (χ0n) is 15.1. The monoisotopic (exact) mass is 365 g/mol. The molecular weight excluding hydrogens is 342 g/mol. The van der Waals surface area contributed by atoms with Crippen LogP contribution in [-0.4, -0.2) is 25.7 Å². The average molecular weight is 365 g/mol. The third kappa shape index (κ3) is 3.35. The van der Waals surface area contributed by atoms with Crippen LogP contribution in [-0.2, 0) is 6.54 Å². The van der Waals surface area contributed by atoms with E-state index >= 15 is 0 Å². The highest BCUT2D eigenvalue weighted by molar-refractivity contribution is 5.95. The first-order chi connectivity index (χ1) is 13.0. The van der Waals surface area contributed by atoms with Gasteiger partial charge in [-0.2, -0.15) is 0 Å². The Balaban J connectivity index is 1.79. The first-order valence-electron chi connectivity index (χ1n) is 9.34. The number of hydrogen-bond donors (Lipinski definition) is 3. The lowest BCUT2D eigenvalue weighted by Crippen LogP contribution is -2.15. The van der Waals surface area contributed by atoms with Gasteiger partial charge >= 0.3 is 0 Å². The maximum Gasteiger partial charge on any atom is 0.267 e. The first-order valence-corrected chi connectivity index (χ1v) is 9.34. The van der Waals surface area contributed by atoms with Crippen molar-refractivity contribution in [1.29, 1.82) is 0 Å². The van der Waals surface area contributed by atoms with Crippen molar-refractivity contribution in [3.8, 4) is 11.8 Å². The minimum absolute atomic E-state index is 0.00524. The SMILES string of the molecule is NC(=O)c1cc(C2CCCCC2)c2ccc(Cn3c(O)ccc3O)cc2n1. The molecule has 2 heterocycles. The van der Waals surface area contributed by atoms with E-state index in [9.17, 15) is 15.0 Å². The third-order valence-corrected chi connectivity index (χ3v) is 5.48. The summed E-state index contributed by atoms with van der Waals surface area (Å²) in [6, 6.07) is 10.6. The molecule has 1 aliphatic carbocycles. The zero-order valence-corrected chi connectivity index (χ0v) is 15.1. The highest BCUT2D eigenvalue weighted by Gasteiger charge is 2.20. The number of fused-ring (bicyclic) bond motifs is 1. The van der Waals surface area contributed by atoms with E-state index in [0.29, 0.717) is 12.5 Å². The Kier molecular flexibility index (Phi) is 4.48. The summed E-state index contributed by atoms with van der Waals surface area (Å²) < 4.78 is 1.40. The molecule has 0 bridgehead atoms. The molecule has 0 spiro atoms. The molecule has 1 aliphatic rings. The van der Waals surface area contributed by atoms with Crippen molar-refractivity contribution in [2.24, 2.45) is 5.73 Å². The molecule has 2 aromatic heterocycles. The molecule has 4 rings (SSSR count). The van der Waals surface area contributed by atoms with Crippen LogP contribution in [0, 0.1) is 0 Å². The quantitative estimate of drug-likeness (QED) is 0.657. The van der Waals surface area contributed by atoms with Crippen LogP contribution in [0.1, 0.15) is 59.6 Å². The van der Waals surface area contributed by atoms with Gasteiger partial charge in [-0.1, -0.05) is 31.4 Å². The molecule has 27 heavy (non-hydrogen) atoms. The summed E-state index contributed by atoms with van der Waals surface area (Å²) in [5.74, 6) is -0.116. The number of carbonyl (C=O) groups excluding carboxylic acids is 1. The second-order valence-electron chi connectivity index (χ2n) is 7.28. The van der Waals surface area contributed by atoms with E-state index in [-0.39, 0.29) is 17.5 Å². The number of carbonyl (C=O) groups is 1. The number of nitrogens with two attached hydrogens (primary N) is 1. The van der Waals surface area contributed by atoms with Crippen molar-refractivity contribution < 1.29 is 15.0 Å². The van der Waals surface area contributed by atoms with Crippen molar-refractivity contribution in [1.82, 2.24) is 9.55 Å².